The van der Waals surface area contributed by atoms with Crippen LogP contribution in [0.25, 0.3) is 0 Å². The zero-order valence-electron chi connectivity index (χ0n) is 16.0. The molecular weight excluding hydrogens is 384 g/mol. The van der Waals surface area contributed by atoms with Crippen LogP contribution < -0.4 is 4.90 Å². The van der Waals surface area contributed by atoms with Crippen LogP contribution in [-0.4, -0.2) is 68.3 Å². The summed E-state index contributed by atoms with van der Waals surface area (Å²) in [6, 6.07) is 6.10. The van der Waals surface area contributed by atoms with E-state index in [1.165, 1.54) is 18.9 Å². The van der Waals surface area contributed by atoms with Crippen LogP contribution >= 0.6 is 0 Å². The molecule has 3 rings (SSSR count). The minimum absolute atomic E-state index is 0.0616. The quantitative estimate of drug-likeness (QED) is 0.674. The van der Waals surface area contributed by atoms with Gasteiger partial charge in [-0.25, -0.2) is 13.2 Å². The van der Waals surface area contributed by atoms with Gasteiger partial charge in [0.25, 0.3) is 5.91 Å². The SMILES string of the molecule is CC(OC(=O)c1ccc(N2CCCC2=O)cc1)C(=O)N(C)C1CCS(=O)(=O)C1. The van der Waals surface area contributed by atoms with Gasteiger partial charge in [-0.15, -0.1) is 0 Å². The Bertz CT molecular complexity index is 880. The lowest BCUT2D eigenvalue weighted by molar-refractivity contribution is -0.140. The molecule has 9 heteroatoms. The molecule has 2 heterocycles. The van der Waals surface area contributed by atoms with Crippen molar-refractivity contribution < 1.29 is 27.5 Å². The molecule has 2 saturated heterocycles. The lowest BCUT2D eigenvalue weighted by Gasteiger charge is -2.26. The molecule has 0 N–H and O–H groups in total. The fourth-order valence-corrected chi connectivity index (χ4v) is 5.30. The summed E-state index contributed by atoms with van der Waals surface area (Å²) in [6.07, 6.45) is 0.708. The van der Waals surface area contributed by atoms with Gasteiger partial charge in [-0.05, 0) is 44.0 Å². The zero-order chi connectivity index (χ0) is 20.5. The van der Waals surface area contributed by atoms with Crippen LogP contribution in [0.1, 0.15) is 36.5 Å². The molecule has 0 radical (unpaired) electrons. The molecule has 2 aliphatic heterocycles. The highest BCUT2D eigenvalue weighted by Gasteiger charge is 2.35. The van der Waals surface area contributed by atoms with E-state index in [0.717, 1.165) is 12.1 Å². The molecule has 2 atom stereocenters. The van der Waals surface area contributed by atoms with Crippen molar-refractivity contribution in [2.75, 3.05) is 30.0 Å². The molecule has 1 aromatic rings. The van der Waals surface area contributed by atoms with Crippen LogP contribution in [0.5, 0.6) is 0 Å². The van der Waals surface area contributed by atoms with Gasteiger partial charge < -0.3 is 14.5 Å². The molecule has 0 spiro atoms. The van der Waals surface area contributed by atoms with Crippen LogP contribution in [-0.2, 0) is 24.2 Å². The van der Waals surface area contributed by atoms with Gasteiger partial charge in [0, 0.05) is 31.7 Å². The van der Waals surface area contributed by atoms with Crippen LogP contribution in [0.4, 0.5) is 5.69 Å². The fraction of sp³-hybridized carbons (Fsp3) is 0.526. The predicted octanol–water partition coefficient (Wildman–Crippen LogP) is 1.00. The molecule has 28 heavy (non-hydrogen) atoms. The highest BCUT2D eigenvalue weighted by atomic mass is 32.2. The van der Waals surface area contributed by atoms with E-state index >= 15 is 0 Å². The molecule has 2 aliphatic rings. The monoisotopic (exact) mass is 408 g/mol. The average Bonchev–Trinajstić information content (AvgIpc) is 3.25. The van der Waals surface area contributed by atoms with Gasteiger partial charge in [0.05, 0.1) is 17.1 Å². The minimum Gasteiger partial charge on any atom is -0.449 e. The maximum Gasteiger partial charge on any atom is 0.338 e. The molecular formula is C19H24N2O6S. The Morgan fingerprint density at radius 3 is 2.46 bits per heavy atom. The zero-order valence-corrected chi connectivity index (χ0v) is 16.8. The number of hydrogen-bond donors (Lipinski definition) is 0. The Labute approximate surface area is 164 Å². The molecule has 2 unspecified atom stereocenters. The number of sulfone groups is 1. The van der Waals surface area contributed by atoms with E-state index in [1.807, 2.05) is 0 Å². The fourth-order valence-electron chi connectivity index (χ4n) is 3.53. The summed E-state index contributed by atoms with van der Waals surface area (Å²) in [5, 5.41) is 0. The third-order valence-electron chi connectivity index (χ3n) is 5.22. The molecule has 0 aromatic heterocycles. The second kappa shape index (κ2) is 7.90. The number of rotatable bonds is 5. The number of esters is 1. The minimum atomic E-state index is -3.11. The van der Waals surface area contributed by atoms with Gasteiger partial charge in [-0.1, -0.05) is 0 Å². The lowest BCUT2D eigenvalue weighted by Crippen LogP contribution is -2.44. The second-order valence-electron chi connectivity index (χ2n) is 7.25. The van der Waals surface area contributed by atoms with Crippen molar-refractivity contribution in [2.45, 2.75) is 38.3 Å². The summed E-state index contributed by atoms with van der Waals surface area (Å²) in [4.78, 5) is 39.6. The third-order valence-corrected chi connectivity index (χ3v) is 6.97. The van der Waals surface area contributed by atoms with E-state index in [2.05, 4.69) is 0 Å². The second-order valence-corrected chi connectivity index (χ2v) is 9.48. The molecule has 152 valence electrons. The van der Waals surface area contributed by atoms with Gasteiger partial charge in [0.1, 0.15) is 0 Å². The summed E-state index contributed by atoms with van der Waals surface area (Å²) in [7, 11) is -1.58. The number of likely N-dealkylation sites (N-methyl/N-ethyl adjacent to an activating group) is 1. The maximum absolute atomic E-state index is 12.5. The topological polar surface area (TPSA) is 101 Å². The molecule has 1 aromatic carbocycles. The van der Waals surface area contributed by atoms with Gasteiger partial charge in [0.2, 0.25) is 5.91 Å². The normalized spacial score (nSPS) is 22.1. The summed E-state index contributed by atoms with van der Waals surface area (Å²) in [5.74, 6) is -1.02. The van der Waals surface area contributed by atoms with Gasteiger partial charge in [-0.3, -0.25) is 9.59 Å². The number of ether oxygens (including phenoxy) is 1. The van der Waals surface area contributed by atoms with E-state index in [4.69, 9.17) is 4.74 Å². The molecule has 8 nitrogen and oxygen atoms in total. The van der Waals surface area contributed by atoms with Gasteiger partial charge in [-0.2, -0.15) is 0 Å². The smallest absolute Gasteiger partial charge is 0.338 e. The molecule has 0 saturated carbocycles. The maximum atomic E-state index is 12.5. The highest BCUT2D eigenvalue weighted by molar-refractivity contribution is 7.91. The summed E-state index contributed by atoms with van der Waals surface area (Å²) in [6.45, 7) is 2.13. The number of benzene rings is 1. The van der Waals surface area contributed by atoms with E-state index in [0.29, 0.717) is 19.4 Å². The molecule has 0 bridgehead atoms. The van der Waals surface area contributed by atoms with E-state index < -0.39 is 33.9 Å². The van der Waals surface area contributed by atoms with Crippen LogP contribution in [0.15, 0.2) is 24.3 Å². The number of anilines is 1. The Morgan fingerprint density at radius 2 is 1.93 bits per heavy atom. The first kappa shape index (κ1) is 20.3. The van der Waals surface area contributed by atoms with E-state index in [-0.39, 0.29) is 23.0 Å². The number of carbonyl (C=O) groups is 3. The third kappa shape index (κ3) is 4.35. The van der Waals surface area contributed by atoms with Crippen molar-refractivity contribution in [3.8, 4) is 0 Å². The first-order valence-corrected chi connectivity index (χ1v) is 11.1. The number of carbonyl (C=O) groups excluding carboxylic acids is 3. The number of nitrogens with zero attached hydrogens (tertiary/aromatic N) is 2. The molecule has 2 fully saturated rings. The largest absolute Gasteiger partial charge is 0.449 e. The van der Waals surface area contributed by atoms with Crippen molar-refractivity contribution in [3.63, 3.8) is 0 Å². The van der Waals surface area contributed by atoms with Crippen molar-refractivity contribution in [1.82, 2.24) is 4.90 Å². The Balaban J connectivity index is 1.59. The number of hydrogen-bond acceptors (Lipinski definition) is 6. The standard InChI is InChI=1S/C19H24N2O6S/c1-13(18(23)20(2)16-9-11-28(25,26)12-16)27-19(24)14-5-7-15(8-6-14)21-10-3-4-17(21)22/h5-8,13,16H,3-4,9-12H2,1-2H3. The predicted molar refractivity (Wildman–Crippen MR) is 103 cm³/mol. The molecule has 0 aliphatic carbocycles. The van der Waals surface area contributed by atoms with Crippen molar-refractivity contribution in [1.29, 1.82) is 0 Å². The summed E-state index contributed by atoms with van der Waals surface area (Å²) in [5.41, 5.74) is 1.01. The lowest BCUT2D eigenvalue weighted by atomic mass is 10.2. The van der Waals surface area contributed by atoms with Crippen LogP contribution in [0.2, 0.25) is 0 Å². The number of amides is 2. The first-order chi connectivity index (χ1) is 13.2. The van der Waals surface area contributed by atoms with Crippen molar-refractivity contribution >= 4 is 33.3 Å². The van der Waals surface area contributed by atoms with Crippen molar-refractivity contribution in [3.05, 3.63) is 29.8 Å². The van der Waals surface area contributed by atoms with E-state index in [1.54, 1.807) is 29.2 Å². The Morgan fingerprint density at radius 1 is 1.25 bits per heavy atom. The van der Waals surface area contributed by atoms with Crippen molar-refractivity contribution in [2.24, 2.45) is 0 Å². The highest BCUT2D eigenvalue weighted by Crippen LogP contribution is 2.22. The summed E-state index contributed by atoms with van der Waals surface area (Å²) >= 11 is 0. The Kier molecular flexibility index (Phi) is 5.74. The summed E-state index contributed by atoms with van der Waals surface area (Å²) < 4.78 is 28.4. The van der Waals surface area contributed by atoms with Gasteiger partial charge in [0.15, 0.2) is 15.9 Å². The Hall–Kier alpha value is -2.42. The van der Waals surface area contributed by atoms with Crippen LogP contribution in [0, 0.1) is 0 Å². The average molecular weight is 408 g/mol. The molecule has 2 amide bonds. The first-order valence-electron chi connectivity index (χ1n) is 9.26. The van der Waals surface area contributed by atoms with Gasteiger partial charge >= 0.3 is 5.97 Å². The van der Waals surface area contributed by atoms with Crippen LogP contribution in [0.3, 0.4) is 0 Å². The van der Waals surface area contributed by atoms with E-state index in [9.17, 15) is 22.8 Å².